The van der Waals surface area contributed by atoms with Crippen LogP contribution in [0.4, 0.5) is 13.2 Å². The van der Waals surface area contributed by atoms with Crippen molar-refractivity contribution in [2.75, 3.05) is 13.2 Å². The molecule has 0 heterocycles. The molecule has 1 amide bonds. The summed E-state index contributed by atoms with van der Waals surface area (Å²) in [7, 11) is 0. The second-order valence-electron chi connectivity index (χ2n) is 5.99. The molecule has 27 heavy (non-hydrogen) atoms. The number of carbonyl (C=O) groups excluding carboxylic acids is 2. The Bertz CT molecular complexity index is 822. The lowest BCUT2D eigenvalue weighted by atomic mass is 10.1. The molecule has 7 heteroatoms. The van der Waals surface area contributed by atoms with E-state index in [4.69, 9.17) is 4.74 Å². The number of nitrogens with zero attached hydrogens (tertiary/aromatic N) is 1. The van der Waals surface area contributed by atoms with Gasteiger partial charge < -0.3 is 9.64 Å². The Morgan fingerprint density at radius 2 is 1.67 bits per heavy atom. The zero-order valence-corrected chi connectivity index (χ0v) is 15.1. The van der Waals surface area contributed by atoms with Gasteiger partial charge in [-0.2, -0.15) is 0 Å². The van der Waals surface area contributed by atoms with Crippen LogP contribution in [-0.4, -0.2) is 29.9 Å². The van der Waals surface area contributed by atoms with Gasteiger partial charge in [0.05, 0.1) is 18.6 Å². The number of amides is 1. The molecule has 2 aromatic rings. The molecule has 0 atom stereocenters. The number of esters is 1. The van der Waals surface area contributed by atoms with Gasteiger partial charge in [-0.3, -0.25) is 9.59 Å². The van der Waals surface area contributed by atoms with E-state index in [9.17, 15) is 22.8 Å². The number of hydrogen-bond donors (Lipinski definition) is 0. The molecule has 144 valence electrons. The van der Waals surface area contributed by atoms with Gasteiger partial charge in [0.25, 0.3) is 5.91 Å². The average molecular weight is 379 g/mol. The van der Waals surface area contributed by atoms with Crippen molar-refractivity contribution in [1.29, 1.82) is 0 Å². The highest BCUT2D eigenvalue weighted by Crippen LogP contribution is 2.19. The molecule has 0 N–H and O–H groups in total. The number of rotatable bonds is 7. The predicted molar refractivity (Wildman–Crippen MR) is 93.5 cm³/mol. The Hall–Kier alpha value is -2.83. The first kappa shape index (κ1) is 20.5. The summed E-state index contributed by atoms with van der Waals surface area (Å²) in [6.45, 7) is 3.79. The first-order chi connectivity index (χ1) is 12.8. The molecule has 0 saturated carbocycles. The molecule has 0 unspecified atom stereocenters. The molecule has 0 aromatic heterocycles. The summed E-state index contributed by atoms with van der Waals surface area (Å²) in [5.74, 6) is -5.98. The lowest BCUT2D eigenvalue weighted by Crippen LogP contribution is -2.33. The second-order valence-corrected chi connectivity index (χ2v) is 5.99. The zero-order valence-electron chi connectivity index (χ0n) is 15.1. The van der Waals surface area contributed by atoms with Gasteiger partial charge in [-0.15, -0.1) is 0 Å². The fourth-order valence-electron chi connectivity index (χ4n) is 2.49. The van der Waals surface area contributed by atoms with E-state index in [0.29, 0.717) is 6.07 Å². The van der Waals surface area contributed by atoms with Crippen molar-refractivity contribution in [3.05, 3.63) is 70.5 Å². The third-order valence-corrected chi connectivity index (χ3v) is 3.94. The Morgan fingerprint density at radius 1 is 1.00 bits per heavy atom. The van der Waals surface area contributed by atoms with Crippen molar-refractivity contribution in [1.82, 2.24) is 4.90 Å². The van der Waals surface area contributed by atoms with E-state index >= 15 is 0 Å². The van der Waals surface area contributed by atoms with Crippen LogP contribution >= 0.6 is 0 Å². The first-order valence-corrected chi connectivity index (χ1v) is 8.47. The summed E-state index contributed by atoms with van der Waals surface area (Å²) < 4.78 is 45.5. The average Bonchev–Trinajstić information content (AvgIpc) is 2.64. The number of carbonyl (C=O) groups is 2. The molecule has 0 aliphatic rings. The van der Waals surface area contributed by atoms with Crippen LogP contribution in [0.15, 0.2) is 36.4 Å². The summed E-state index contributed by atoms with van der Waals surface area (Å²) in [5.41, 5.74) is 1.18. The van der Waals surface area contributed by atoms with Crippen molar-refractivity contribution in [3.63, 3.8) is 0 Å². The van der Waals surface area contributed by atoms with Gasteiger partial charge in [0.15, 0.2) is 17.5 Å². The molecule has 0 radical (unpaired) electrons. The van der Waals surface area contributed by atoms with Gasteiger partial charge in [-0.25, -0.2) is 13.2 Å². The number of halogens is 3. The third-order valence-electron chi connectivity index (χ3n) is 3.94. The Morgan fingerprint density at radius 3 is 2.30 bits per heavy atom. The van der Waals surface area contributed by atoms with Gasteiger partial charge in [-0.1, -0.05) is 29.8 Å². The largest absolute Gasteiger partial charge is 0.466 e. The van der Waals surface area contributed by atoms with Crippen molar-refractivity contribution >= 4 is 11.9 Å². The maximum atomic E-state index is 14.0. The number of aryl methyl sites for hydroxylation is 1. The normalized spacial score (nSPS) is 10.6. The van der Waals surface area contributed by atoms with Crippen molar-refractivity contribution in [3.8, 4) is 0 Å². The second kappa shape index (κ2) is 9.21. The molecule has 0 bridgehead atoms. The topological polar surface area (TPSA) is 46.6 Å². The van der Waals surface area contributed by atoms with Crippen LogP contribution in [0.1, 0.15) is 34.8 Å². The first-order valence-electron chi connectivity index (χ1n) is 8.47. The molecular formula is C20H20F3NO3. The van der Waals surface area contributed by atoms with Crippen molar-refractivity contribution in [2.24, 2.45) is 0 Å². The van der Waals surface area contributed by atoms with Gasteiger partial charge in [0, 0.05) is 13.1 Å². The van der Waals surface area contributed by atoms with Crippen LogP contribution in [0.25, 0.3) is 0 Å². The molecule has 0 saturated heterocycles. The van der Waals surface area contributed by atoms with Crippen LogP contribution in [0.5, 0.6) is 0 Å². The highest BCUT2D eigenvalue weighted by molar-refractivity contribution is 5.94. The lowest BCUT2D eigenvalue weighted by Gasteiger charge is -2.23. The Balaban J connectivity index is 2.27. The highest BCUT2D eigenvalue weighted by atomic mass is 19.2. The van der Waals surface area contributed by atoms with Crippen molar-refractivity contribution < 1.29 is 27.5 Å². The molecule has 0 aliphatic carbocycles. The van der Waals surface area contributed by atoms with E-state index in [1.807, 2.05) is 19.1 Å². The minimum absolute atomic E-state index is 0.0516. The maximum Gasteiger partial charge on any atom is 0.307 e. The molecule has 0 aliphatic heterocycles. The molecule has 2 aromatic carbocycles. The third kappa shape index (κ3) is 5.32. The summed E-state index contributed by atoms with van der Waals surface area (Å²) in [6, 6.07) is 8.87. The minimum Gasteiger partial charge on any atom is -0.466 e. The van der Waals surface area contributed by atoms with Gasteiger partial charge >= 0.3 is 5.97 Å². The summed E-state index contributed by atoms with van der Waals surface area (Å²) in [5, 5.41) is 0. The van der Waals surface area contributed by atoms with Crippen molar-refractivity contribution in [2.45, 2.75) is 26.8 Å². The minimum atomic E-state index is -1.71. The molecule has 2 rings (SSSR count). The van der Waals surface area contributed by atoms with Crippen LogP contribution in [-0.2, 0) is 16.1 Å². The Kier molecular flexibility index (Phi) is 6.98. The highest BCUT2D eigenvalue weighted by Gasteiger charge is 2.24. The monoisotopic (exact) mass is 379 g/mol. The summed E-state index contributed by atoms with van der Waals surface area (Å²) in [4.78, 5) is 25.5. The van der Waals surface area contributed by atoms with Crippen LogP contribution < -0.4 is 0 Å². The Labute approximate surface area is 155 Å². The number of ether oxygens (including phenoxy) is 1. The molecular weight excluding hydrogens is 359 g/mol. The molecule has 4 nitrogen and oxygen atoms in total. The van der Waals surface area contributed by atoms with Gasteiger partial charge in [0.1, 0.15) is 0 Å². The van der Waals surface area contributed by atoms with E-state index in [1.54, 1.807) is 19.1 Å². The molecule has 0 fully saturated rings. The fraction of sp³-hybridized carbons (Fsp3) is 0.300. The smallest absolute Gasteiger partial charge is 0.307 e. The zero-order chi connectivity index (χ0) is 20.0. The quantitative estimate of drug-likeness (QED) is 0.540. The summed E-state index contributed by atoms with van der Waals surface area (Å²) in [6.07, 6.45) is -0.100. The lowest BCUT2D eigenvalue weighted by molar-refractivity contribution is -0.143. The van der Waals surface area contributed by atoms with Crippen LogP contribution in [0, 0.1) is 24.4 Å². The van der Waals surface area contributed by atoms with E-state index in [0.717, 1.165) is 17.2 Å². The van der Waals surface area contributed by atoms with E-state index in [1.165, 1.54) is 4.90 Å². The standard InChI is InChI=1S/C20H20F3NO3/c1-3-27-17(25)10-11-24(12-14-6-4-13(2)5-7-14)20(26)15-8-9-16(21)19(23)18(15)22/h4-9H,3,10-12H2,1-2H3. The SMILES string of the molecule is CCOC(=O)CCN(Cc1ccc(C)cc1)C(=O)c1ccc(F)c(F)c1F. The van der Waals surface area contributed by atoms with Crippen LogP contribution in [0.2, 0.25) is 0 Å². The van der Waals surface area contributed by atoms with Gasteiger partial charge in [-0.05, 0) is 31.5 Å². The number of hydrogen-bond acceptors (Lipinski definition) is 3. The van der Waals surface area contributed by atoms with E-state index in [-0.39, 0.29) is 26.1 Å². The molecule has 0 spiro atoms. The van der Waals surface area contributed by atoms with Crippen LogP contribution in [0.3, 0.4) is 0 Å². The van der Waals surface area contributed by atoms with E-state index < -0.39 is 34.9 Å². The van der Waals surface area contributed by atoms with E-state index in [2.05, 4.69) is 0 Å². The van der Waals surface area contributed by atoms with Gasteiger partial charge in [0.2, 0.25) is 0 Å². The fourth-order valence-corrected chi connectivity index (χ4v) is 2.49. The predicted octanol–water partition coefficient (Wildman–Crippen LogP) is 4.01. The maximum absolute atomic E-state index is 14.0. The summed E-state index contributed by atoms with van der Waals surface area (Å²) >= 11 is 0. The number of benzene rings is 2.